The van der Waals surface area contributed by atoms with Crippen LogP contribution < -0.4 is 5.69 Å². The van der Waals surface area contributed by atoms with Crippen molar-refractivity contribution in [1.82, 2.24) is 14.1 Å². The molecule has 0 aromatic carbocycles. The SMILES string of the molecule is O=c1n(C[C@@H]2COCCO2)c2cc(Br)cnc2n1C1=CCCCC1. The predicted molar refractivity (Wildman–Crippen MR) is 95.0 cm³/mol. The van der Waals surface area contributed by atoms with Gasteiger partial charge in [-0.25, -0.2) is 14.3 Å². The zero-order chi connectivity index (χ0) is 16.5. The third-order valence-corrected chi connectivity index (χ3v) is 5.00. The second kappa shape index (κ2) is 6.82. The third-order valence-electron chi connectivity index (χ3n) is 4.56. The van der Waals surface area contributed by atoms with E-state index >= 15 is 0 Å². The fourth-order valence-corrected chi connectivity index (χ4v) is 3.73. The van der Waals surface area contributed by atoms with Crippen LogP contribution >= 0.6 is 15.9 Å². The summed E-state index contributed by atoms with van der Waals surface area (Å²) in [4.78, 5) is 17.6. The van der Waals surface area contributed by atoms with E-state index in [1.54, 1.807) is 15.3 Å². The van der Waals surface area contributed by atoms with Crippen molar-refractivity contribution < 1.29 is 9.47 Å². The number of hydrogen-bond acceptors (Lipinski definition) is 4. The minimum absolute atomic E-state index is 0.0436. The number of rotatable bonds is 3. The monoisotopic (exact) mass is 393 g/mol. The minimum atomic E-state index is -0.102. The summed E-state index contributed by atoms with van der Waals surface area (Å²) in [6.07, 6.45) is 8.04. The molecule has 3 heterocycles. The summed E-state index contributed by atoms with van der Waals surface area (Å²) in [6, 6.07) is 1.95. The van der Waals surface area contributed by atoms with Crippen LogP contribution in [0.15, 0.2) is 27.6 Å². The van der Waals surface area contributed by atoms with E-state index in [1.807, 2.05) is 6.07 Å². The van der Waals surface area contributed by atoms with Crippen molar-refractivity contribution in [2.24, 2.45) is 0 Å². The molecule has 1 atom stereocenters. The molecule has 6 nitrogen and oxygen atoms in total. The van der Waals surface area contributed by atoms with E-state index in [0.717, 1.165) is 34.9 Å². The number of pyridine rings is 1. The lowest BCUT2D eigenvalue weighted by molar-refractivity contribution is -0.0935. The molecule has 2 aromatic heterocycles. The summed E-state index contributed by atoms with van der Waals surface area (Å²) >= 11 is 3.46. The lowest BCUT2D eigenvalue weighted by atomic mass is 10.0. The lowest BCUT2D eigenvalue weighted by Crippen LogP contribution is -2.36. The zero-order valence-electron chi connectivity index (χ0n) is 13.4. The number of hydrogen-bond donors (Lipinski definition) is 0. The predicted octanol–water partition coefficient (Wildman–Crippen LogP) is 2.79. The number of halogens is 1. The van der Waals surface area contributed by atoms with Crippen molar-refractivity contribution in [3.05, 3.63) is 33.3 Å². The van der Waals surface area contributed by atoms with E-state index in [4.69, 9.17) is 9.47 Å². The van der Waals surface area contributed by atoms with Gasteiger partial charge < -0.3 is 9.47 Å². The van der Waals surface area contributed by atoms with E-state index in [9.17, 15) is 4.79 Å². The maximum Gasteiger partial charge on any atom is 0.334 e. The molecule has 0 radical (unpaired) electrons. The lowest BCUT2D eigenvalue weighted by Gasteiger charge is -2.23. The van der Waals surface area contributed by atoms with Gasteiger partial charge in [0.2, 0.25) is 0 Å². The molecule has 1 aliphatic carbocycles. The van der Waals surface area contributed by atoms with Crippen molar-refractivity contribution in [1.29, 1.82) is 0 Å². The summed E-state index contributed by atoms with van der Waals surface area (Å²) in [5, 5.41) is 0. The summed E-state index contributed by atoms with van der Waals surface area (Å²) < 4.78 is 15.6. The molecule has 1 aliphatic heterocycles. The fourth-order valence-electron chi connectivity index (χ4n) is 3.41. The number of aromatic nitrogens is 3. The van der Waals surface area contributed by atoms with Crippen molar-refractivity contribution in [2.75, 3.05) is 19.8 Å². The highest BCUT2D eigenvalue weighted by Crippen LogP contribution is 2.25. The zero-order valence-corrected chi connectivity index (χ0v) is 15.0. The van der Waals surface area contributed by atoms with Gasteiger partial charge in [0, 0.05) is 16.4 Å². The van der Waals surface area contributed by atoms with Gasteiger partial charge >= 0.3 is 5.69 Å². The molecule has 0 spiro atoms. The van der Waals surface area contributed by atoms with Gasteiger partial charge in [0.25, 0.3) is 0 Å². The normalized spacial score (nSPS) is 21.9. The molecule has 2 aromatic rings. The first-order valence-corrected chi connectivity index (χ1v) is 9.19. The van der Waals surface area contributed by atoms with Crippen molar-refractivity contribution in [3.8, 4) is 0 Å². The molecule has 128 valence electrons. The molecular formula is C17H20BrN3O3. The van der Waals surface area contributed by atoms with Crippen LogP contribution in [0.2, 0.25) is 0 Å². The summed E-state index contributed by atoms with van der Waals surface area (Å²) in [5.74, 6) is 0. The number of imidazole rings is 1. The van der Waals surface area contributed by atoms with Gasteiger partial charge in [-0.1, -0.05) is 6.08 Å². The topological polar surface area (TPSA) is 58.3 Å². The maximum atomic E-state index is 13.1. The standard InChI is InChI=1S/C17H20BrN3O3/c18-12-8-15-16(19-9-12)21(13-4-2-1-3-5-13)17(22)20(15)10-14-11-23-6-7-24-14/h4,8-9,14H,1-3,5-7,10-11H2/t14-/m1/s1. The van der Waals surface area contributed by atoms with Gasteiger partial charge in [-0.3, -0.25) is 4.57 Å². The Hall–Kier alpha value is -1.44. The van der Waals surface area contributed by atoms with E-state index in [2.05, 4.69) is 27.0 Å². The van der Waals surface area contributed by atoms with Crippen LogP contribution in [-0.4, -0.2) is 40.0 Å². The van der Waals surface area contributed by atoms with E-state index in [-0.39, 0.29) is 11.8 Å². The number of nitrogens with zero attached hydrogens (tertiary/aromatic N) is 3. The second-order valence-corrected chi connectivity index (χ2v) is 7.15. The van der Waals surface area contributed by atoms with Crippen LogP contribution in [0.5, 0.6) is 0 Å². The Bertz CT molecular complexity index is 833. The molecule has 0 bridgehead atoms. The molecule has 2 aliphatic rings. The summed E-state index contributed by atoms with van der Waals surface area (Å²) in [7, 11) is 0. The maximum absolute atomic E-state index is 13.1. The Balaban J connectivity index is 1.82. The van der Waals surface area contributed by atoms with Gasteiger partial charge in [0.15, 0.2) is 5.65 Å². The van der Waals surface area contributed by atoms with Crippen LogP contribution in [0, 0.1) is 0 Å². The smallest absolute Gasteiger partial charge is 0.334 e. The Morgan fingerprint density at radius 3 is 3.00 bits per heavy atom. The highest BCUT2D eigenvalue weighted by Gasteiger charge is 2.22. The first-order valence-electron chi connectivity index (χ1n) is 8.39. The molecule has 1 fully saturated rings. The van der Waals surface area contributed by atoms with Gasteiger partial charge in [0.1, 0.15) is 0 Å². The van der Waals surface area contributed by atoms with Gasteiger partial charge in [-0.2, -0.15) is 0 Å². The second-order valence-electron chi connectivity index (χ2n) is 6.23. The van der Waals surface area contributed by atoms with E-state index in [0.29, 0.717) is 32.0 Å². The van der Waals surface area contributed by atoms with Gasteiger partial charge in [-0.05, 0) is 47.7 Å². The Morgan fingerprint density at radius 1 is 1.33 bits per heavy atom. The average molecular weight is 394 g/mol. The quantitative estimate of drug-likeness (QED) is 0.804. The van der Waals surface area contributed by atoms with Crippen molar-refractivity contribution in [3.63, 3.8) is 0 Å². The van der Waals surface area contributed by atoms with Gasteiger partial charge in [-0.15, -0.1) is 0 Å². The molecule has 4 rings (SSSR count). The summed E-state index contributed by atoms with van der Waals surface area (Å²) in [5.41, 5.74) is 2.56. The highest BCUT2D eigenvalue weighted by atomic mass is 79.9. The number of fused-ring (bicyclic) bond motifs is 1. The molecule has 1 saturated heterocycles. The van der Waals surface area contributed by atoms with Crippen molar-refractivity contribution >= 4 is 32.8 Å². The number of allylic oxidation sites excluding steroid dienone is 2. The molecule has 7 heteroatoms. The molecule has 0 unspecified atom stereocenters. The van der Waals surface area contributed by atoms with Crippen LogP contribution in [-0.2, 0) is 16.0 Å². The van der Waals surface area contributed by atoms with Gasteiger partial charge in [0.05, 0.1) is 38.0 Å². The fraction of sp³-hybridized carbons (Fsp3) is 0.529. The molecule has 0 N–H and O–H groups in total. The van der Waals surface area contributed by atoms with Crippen LogP contribution in [0.3, 0.4) is 0 Å². The Morgan fingerprint density at radius 2 is 2.25 bits per heavy atom. The van der Waals surface area contributed by atoms with Crippen LogP contribution in [0.25, 0.3) is 16.9 Å². The van der Waals surface area contributed by atoms with E-state index < -0.39 is 0 Å². The molecule has 24 heavy (non-hydrogen) atoms. The average Bonchev–Trinajstić information content (AvgIpc) is 2.88. The largest absolute Gasteiger partial charge is 0.376 e. The van der Waals surface area contributed by atoms with Crippen molar-refractivity contribution in [2.45, 2.75) is 38.3 Å². The van der Waals surface area contributed by atoms with Crippen LogP contribution in [0.1, 0.15) is 25.7 Å². The Labute approximate surface area is 148 Å². The highest BCUT2D eigenvalue weighted by molar-refractivity contribution is 9.10. The molecule has 0 amide bonds. The number of ether oxygens (including phenoxy) is 2. The van der Waals surface area contributed by atoms with Crippen LogP contribution in [0.4, 0.5) is 0 Å². The van der Waals surface area contributed by atoms with E-state index in [1.165, 1.54) is 6.42 Å². The first-order chi connectivity index (χ1) is 11.7. The third kappa shape index (κ3) is 2.96. The minimum Gasteiger partial charge on any atom is -0.376 e. The molecule has 0 saturated carbocycles. The molecular weight excluding hydrogens is 374 g/mol. The first kappa shape index (κ1) is 16.1. The Kier molecular flexibility index (Phi) is 4.56. The summed E-state index contributed by atoms with van der Waals surface area (Å²) in [6.45, 7) is 2.19.